The molecule has 7 heteroatoms. The van der Waals surface area contributed by atoms with Gasteiger partial charge in [0.2, 0.25) is 5.91 Å². The first-order chi connectivity index (χ1) is 7.52. The number of rotatable bonds is 4. The smallest absolute Gasteiger partial charge is 0.224 e. The zero-order chi connectivity index (χ0) is 12.1. The Kier molecular flexibility index (Phi) is 4.27. The number of amides is 1. The molecular weight excluding hydrogens is 232 g/mol. The van der Waals surface area contributed by atoms with Crippen LogP contribution in [-0.2, 0) is 16.2 Å². The van der Waals surface area contributed by atoms with Crippen molar-refractivity contribution < 1.29 is 17.7 Å². The third-order valence-corrected chi connectivity index (χ3v) is 2.09. The average molecular weight is 243 g/mol. The molecule has 0 radical (unpaired) electrons. The van der Waals surface area contributed by atoms with E-state index >= 15 is 0 Å². The highest BCUT2D eigenvalue weighted by Gasteiger charge is 2.05. The second-order valence-corrected chi connectivity index (χ2v) is 3.52. The average Bonchev–Trinajstić information content (AvgIpc) is 2.22. The molecule has 0 heterocycles. The summed E-state index contributed by atoms with van der Waals surface area (Å²) in [6.07, 6.45) is 0.327. The van der Waals surface area contributed by atoms with Crippen molar-refractivity contribution in [1.82, 2.24) is 0 Å². The molecular formula is C9H11N2O4S-. The fourth-order valence-corrected chi connectivity index (χ4v) is 1.30. The maximum atomic E-state index is 11.1. The largest absolute Gasteiger partial charge is 0.740 e. The van der Waals surface area contributed by atoms with Gasteiger partial charge in [0.15, 0.2) is 5.75 Å². The number of nitrogen functional groups attached to an aromatic ring is 1. The normalized spacial score (nSPS) is 11.9. The maximum Gasteiger partial charge on any atom is 0.224 e. The fraction of sp³-hybridized carbons (Fsp3) is 0.222. The van der Waals surface area contributed by atoms with Crippen LogP contribution in [0.4, 0.5) is 11.4 Å². The number of nitrogens with two attached hydrogens (primary N) is 1. The Morgan fingerprint density at radius 1 is 1.62 bits per heavy atom. The minimum atomic E-state index is -2.69. The SMILES string of the molecule is CCC(=O)Nc1ccc(N)c(OS(=O)[O-])c1. The first-order valence-corrected chi connectivity index (χ1v) is 5.50. The minimum Gasteiger partial charge on any atom is -0.740 e. The van der Waals surface area contributed by atoms with E-state index in [1.54, 1.807) is 13.0 Å². The van der Waals surface area contributed by atoms with Gasteiger partial charge in [0, 0.05) is 18.2 Å². The van der Waals surface area contributed by atoms with Gasteiger partial charge >= 0.3 is 0 Å². The lowest BCUT2D eigenvalue weighted by atomic mass is 10.2. The molecule has 1 atom stereocenters. The fourth-order valence-electron chi connectivity index (χ4n) is 1.01. The Morgan fingerprint density at radius 3 is 2.88 bits per heavy atom. The molecule has 1 amide bonds. The summed E-state index contributed by atoms with van der Waals surface area (Å²) in [6, 6.07) is 4.36. The van der Waals surface area contributed by atoms with Gasteiger partial charge in [-0.2, -0.15) is 0 Å². The summed E-state index contributed by atoms with van der Waals surface area (Å²) in [7, 11) is 0. The van der Waals surface area contributed by atoms with Crippen LogP contribution in [0, 0.1) is 0 Å². The third kappa shape index (κ3) is 3.52. The number of hydrogen-bond donors (Lipinski definition) is 2. The lowest BCUT2D eigenvalue weighted by Crippen LogP contribution is -2.10. The van der Waals surface area contributed by atoms with Crippen LogP contribution in [0.1, 0.15) is 13.3 Å². The van der Waals surface area contributed by atoms with E-state index in [1.165, 1.54) is 12.1 Å². The summed E-state index contributed by atoms with van der Waals surface area (Å²) in [5, 5.41) is 2.56. The van der Waals surface area contributed by atoms with Crippen LogP contribution in [0.3, 0.4) is 0 Å². The van der Waals surface area contributed by atoms with Gasteiger partial charge in [0.25, 0.3) is 0 Å². The lowest BCUT2D eigenvalue weighted by Gasteiger charge is -2.11. The lowest BCUT2D eigenvalue weighted by molar-refractivity contribution is -0.115. The summed E-state index contributed by atoms with van der Waals surface area (Å²) >= 11 is -2.69. The van der Waals surface area contributed by atoms with Crippen molar-refractivity contribution in [2.75, 3.05) is 11.1 Å². The van der Waals surface area contributed by atoms with Crippen molar-refractivity contribution in [2.45, 2.75) is 13.3 Å². The second-order valence-electron chi connectivity index (χ2n) is 2.94. The molecule has 0 spiro atoms. The molecule has 0 saturated carbocycles. The second kappa shape index (κ2) is 5.47. The van der Waals surface area contributed by atoms with Crippen molar-refractivity contribution in [3.05, 3.63) is 18.2 Å². The highest BCUT2D eigenvalue weighted by atomic mass is 32.2. The van der Waals surface area contributed by atoms with Crippen LogP contribution in [-0.4, -0.2) is 14.7 Å². The summed E-state index contributed by atoms with van der Waals surface area (Å²) in [5.41, 5.74) is 6.10. The molecule has 1 aromatic carbocycles. The van der Waals surface area contributed by atoms with Gasteiger partial charge in [0.1, 0.15) is 11.4 Å². The van der Waals surface area contributed by atoms with Gasteiger partial charge in [-0.15, -0.1) is 0 Å². The number of carbonyl (C=O) groups is 1. The molecule has 3 N–H and O–H groups in total. The molecule has 0 fully saturated rings. The van der Waals surface area contributed by atoms with Crippen LogP contribution in [0.5, 0.6) is 5.75 Å². The van der Waals surface area contributed by atoms with Gasteiger partial charge in [0.05, 0.1) is 5.69 Å². The molecule has 0 saturated heterocycles. The summed E-state index contributed by atoms with van der Waals surface area (Å²) < 4.78 is 25.1. The predicted molar refractivity (Wildman–Crippen MR) is 59.3 cm³/mol. The van der Waals surface area contributed by atoms with Crippen molar-refractivity contribution >= 4 is 28.6 Å². The Labute approximate surface area is 95.3 Å². The highest BCUT2D eigenvalue weighted by Crippen LogP contribution is 2.26. The molecule has 1 aromatic rings. The minimum absolute atomic E-state index is 0.0118. The molecule has 0 aliphatic rings. The van der Waals surface area contributed by atoms with Crippen LogP contribution >= 0.6 is 0 Å². The molecule has 0 aromatic heterocycles. The number of benzene rings is 1. The van der Waals surface area contributed by atoms with E-state index in [9.17, 15) is 13.6 Å². The molecule has 0 aliphatic heterocycles. The van der Waals surface area contributed by atoms with Gasteiger partial charge in [-0.25, -0.2) is 4.21 Å². The topological polar surface area (TPSA) is 104 Å². The van der Waals surface area contributed by atoms with E-state index < -0.39 is 11.4 Å². The quantitative estimate of drug-likeness (QED) is 0.601. The Balaban J connectivity index is 2.88. The Bertz CT molecular complexity index is 422. The Morgan fingerprint density at radius 2 is 2.31 bits per heavy atom. The van der Waals surface area contributed by atoms with Crippen LogP contribution in [0.15, 0.2) is 18.2 Å². The predicted octanol–water partition coefficient (Wildman–Crippen LogP) is 0.790. The van der Waals surface area contributed by atoms with Crippen LogP contribution in [0.25, 0.3) is 0 Å². The first kappa shape index (κ1) is 12.5. The Hall–Kier alpha value is -1.60. The van der Waals surface area contributed by atoms with E-state index in [-0.39, 0.29) is 17.3 Å². The van der Waals surface area contributed by atoms with Crippen LogP contribution < -0.4 is 15.2 Å². The molecule has 0 aliphatic carbocycles. The zero-order valence-corrected chi connectivity index (χ0v) is 9.37. The molecule has 1 unspecified atom stereocenters. The van der Waals surface area contributed by atoms with E-state index in [0.29, 0.717) is 12.1 Å². The van der Waals surface area contributed by atoms with Crippen molar-refractivity contribution in [2.24, 2.45) is 0 Å². The molecule has 0 bridgehead atoms. The van der Waals surface area contributed by atoms with E-state index in [0.717, 1.165) is 0 Å². The van der Waals surface area contributed by atoms with Gasteiger partial charge in [-0.05, 0) is 12.1 Å². The van der Waals surface area contributed by atoms with Crippen LogP contribution in [0.2, 0.25) is 0 Å². The van der Waals surface area contributed by atoms with E-state index in [1.807, 2.05) is 0 Å². The summed E-state index contributed by atoms with van der Waals surface area (Å²) in [5.74, 6) is -0.193. The van der Waals surface area contributed by atoms with Crippen molar-refractivity contribution in [3.8, 4) is 5.75 Å². The van der Waals surface area contributed by atoms with Crippen molar-refractivity contribution in [3.63, 3.8) is 0 Å². The van der Waals surface area contributed by atoms with E-state index in [2.05, 4.69) is 9.50 Å². The summed E-state index contributed by atoms with van der Waals surface area (Å²) in [4.78, 5) is 11.1. The monoisotopic (exact) mass is 243 g/mol. The van der Waals surface area contributed by atoms with E-state index in [4.69, 9.17) is 5.73 Å². The van der Waals surface area contributed by atoms with Gasteiger partial charge < -0.3 is 19.8 Å². The number of anilines is 2. The molecule has 88 valence electrons. The molecule has 16 heavy (non-hydrogen) atoms. The molecule has 6 nitrogen and oxygen atoms in total. The van der Waals surface area contributed by atoms with Gasteiger partial charge in [-0.1, -0.05) is 6.92 Å². The molecule has 1 rings (SSSR count). The third-order valence-electron chi connectivity index (χ3n) is 1.78. The maximum absolute atomic E-state index is 11.1. The zero-order valence-electron chi connectivity index (χ0n) is 8.56. The number of hydrogen-bond acceptors (Lipinski definition) is 5. The number of carbonyl (C=O) groups excluding carboxylic acids is 1. The standard InChI is InChI=1S/C9H12N2O4S/c1-2-9(12)11-6-3-4-7(10)8(5-6)15-16(13)14/h3-5H,2,10H2,1H3,(H,11,12)(H,13,14)/p-1. The van der Waals surface area contributed by atoms with Crippen molar-refractivity contribution in [1.29, 1.82) is 0 Å². The van der Waals surface area contributed by atoms with Gasteiger partial charge in [-0.3, -0.25) is 4.79 Å². The highest BCUT2D eigenvalue weighted by molar-refractivity contribution is 7.74. The number of nitrogens with one attached hydrogen (secondary N) is 1. The first-order valence-electron chi connectivity index (χ1n) is 4.50. The summed E-state index contributed by atoms with van der Waals surface area (Å²) in [6.45, 7) is 1.71.